The molecule has 0 fully saturated rings. The summed E-state index contributed by atoms with van der Waals surface area (Å²) in [6.07, 6.45) is 6.47. The zero-order chi connectivity index (χ0) is 20.8. The second kappa shape index (κ2) is 9.36. The molecule has 152 valence electrons. The number of hydrogen-bond acceptors (Lipinski definition) is 6. The number of carbonyl (C=O) groups is 1. The predicted molar refractivity (Wildman–Crippen MR) is 115 cm³/mol. The van der Waals surface area contributed by atoms with Crippen LogP contribution in [0.15, 0.2) is 77.1 Å². The number of amides is 1. The van der Waals surface area contributed by atoms with E-state index in [2.05, 4.69) is 20.4 Å². The molecule has 0 radical (unpaired) electrons. The Bertz CT molecular complexity index is 1190. The van der Waals surface area contributed by atoms with E-state index in [1.165, 1.54) is 18.0 Å². The number of fused-ring (bicyclic) bond motifs is 1. The number of pyridine rings is 1. The van der Waals surface area contributed by atoms with E-state index in [0.717, 1.165) is 10.5 Å². The van der Waals surface area contributed by atoms with Gasteiger partial charge in [0.15, 0.2) is 5.65 Å². The number of nitrogens with zero attached hydrogens (tertiary/aromatic N) is 5. The number of rotatable bonds is 8. The van der Waals surface area contributed by atoms with Gasteiger partial charge < -0.3 is 5.32 Å². The van der Waals surface area contributed by atoms with Crippen molar-refractivity contribution in [1.29, 1.82) is 0 Å². The molecule has 0 saturated heterocycles. The van der Waals surface area contributed by atoms with E-state index in [4.69, 9.17) is 0 Å². The fourth-order valence-corrected chi connectivity index (χ4v) is 3.70. The molecule has 0 spiro atoms. The van der Waals surface area contributed by atoms with Gasteiger partial charge in [-0.15, -0.1) is 11.8 Å². The third-order valence-electron chi connectivity index (χ3n) is 4.48. The summed E-state index contributed by atoms with van der Waals surface area (Å²) >= 11 is 1.45. The Morgan fingerprint density at radius 3 is 2.70 bits per heavy atom. The van der Waals surface area contributed by atoms with Gasteiger partial charge in [0.05, 0.1) is 25.0 Å². The Kier molecular flexibility index (Phi) is 6.19. The van der Waals surface area contributed by atoms with Crippen LogP contribution in [0.1, 0.15) is 5.56 Å². The average molecular weight is 420 g/mol. The van der Waals surface area contributed by atoms with E-state index < -0.39 is 0 Å². The highest BCUT2D eigenvalue weighted by atomic mass is 32.2. The maximum atomic E-state index is 12.7. The standard InChI is InChI=1S/C21H20N6O2S/c28-19(14-30-17-6-8-22-9-7-17)23-10-11-27-20-18(12-25-27)21(29)26(15-24-20)13-16-4-2-1-3-5-16/h1-9,12,15H,10-11,13-14H2,(H,23,28). The lowest BCUT2D eigenvalue weighted by molar-refractivity contribution is -0.118. The highest BCUT2D eigenvalue weighted by molar-refractivity contribution is 8.00. The van der Waals surface area contributed by atoms with Gasteiger partial charge in [0.2, 0.25) is 5.91 Å². The SMILES string of the molecule is O=C(CSc1ccncc1)NCCn1ncc2c(=O)n(Cc3ccccc3)cnc21. The van der Waals surface area contributed by atoms with Crippen molar-refractivity contribution in [3.05, 3.63) is 83.3 Å². The van der Waals surface area contributed by atoms with Crippen LogP contribution in [0.2, 0.25) is 0 Å². The van der Waals surface area contributed by atoms with Crippen LogP contribution >= 0.6 is 11.8 Å². The minimum atomic E-state index is -0.132. The van der Waals surface area contributed by atoms with Gasteiger partial charge in [-0.3, -0.25) is 19.1 Å². The second-order valence-corrected chi connectivity index (χ2v) is 7.64. The summed E-state index contributed by atoms with van der Waals surface area (Å²) in [5.74, 6) is 0.262. The van der Waals surface area contributed by atoms with Crippen LogP contribution in [0.25, 0.3) is 11.0 Å². The second-order valence-electron chi connectivity index (χ2n) is 6.59. The van der Waals surface area contributed by atoms with Crippen LogP contribution in [0.3, 0.4) is 0 Å². The number of benzene rings is 1. The first-order valence-corrected chi connectivity index (χ1v) is 10.4. The van der Waals surface area contributed by atoms with Crippen LogP contribution < -0.4 is 10.9 Å². The molecule has 3 heterocycles. The Balaban J connectivity index is 1.35. The Hall–Kier alpha value is -3.46. The summed E-state index contributed by atoms with van der Waals surface area (Å²) in [5, 5.41) is 7.61. The summed E-state index contributed by atoms with van der Waals surface area (Å²) in [6.45, 7) is 1.30. The molecule has 0 aliphatic carbocycles. The fraction of sp³-hybridized carbons (Fsp3) is 0.190. The first kappa shape index (κ1) is 19.8. The molecular formula is C21H20N6O2S. The van der Waals surface area contributed by atoms with Crippen molar-refractivity contribution in [2.24, 2.45) is 0 Å². The summed E-state index contributed by atoms with van der Waals surface area (Å²) < 4.78 is 3.21. The minimum Gasteiger partial charge on any atom is -0.354 e. The van der Waals surface area contributed by atoms with Gasteiger partial charge in [-0.05, 0) is 17.7 Å². The van der Waals surface area contributed by atoms with Crippen molar-refractivity contribution in [1.82, 2.24) is 29.6 Å². The predicted octanol–water partition coefficient (Wildman–Crippen LogP) is 1.94. The summed E-state index contributed by atoms with van der Waals surface area (Å²) in [7, 11) is 0. The first-order valence-electron chi connectivity index (χ1n) is 9.45. The number of hydrogen-bond donors (Lipinski definition) is 1. The van der Waals surface area contributed by atoms with Gasteiger partial charge in [-0.25, -0.2) is 9.67 Å². The van der Waals surface area contributed by atoms with Crippen LogP contribution in [-0.4, -0.2) is 42.5 Å². The molecule has 4 aromatic rings. The van der Waals surface area contributed by atoms with Gasteiger partial charge in [0.1, 0.15) is 11.7 Å². The monoisotopic (exact) mass is 420 g/mol. The quantitative estimate of drug-likeness (QED) is 0.438. The van der Waals surface area contributed by atoms with Crippen molar-refractivity contribution in [2.45, 2.75) is 18.0 Å². The molecule has 0 saturated carbocycles. The first-order chi connectivity index (χ1) is 14.7. The molecule has 1 aromatic carbocycles. The number of carbonyl (C=O) groups excluding carboxylic acids is 1. The van der Waals surface area contributed by atoms with Gasteiger partial charge >= 0.3 is 0 Å². The summed E-state index contributed by atoms with van der Waals surface area (Å²) in [4.78, 5) is 34.1. The van der Waals surface area contributed by atoms with Crippen molar-refractivity contribution in [2.75, 3.05) is 12.3 Å². The summed E-state index contributed by atoms with van der Waals surface area (Å²) in [5.41, 5.74) is 1.41. The lowest BCUT2D eigenvalue weighted by Gasteiger charge is -2.07. The topological polar surface area (TPSA) is 94.7 Å². The maximum absolute atomic E-state index is 12.7. The van der Waals surface area contributed by atoms with E-state index in [0.29, 0.717) is 36.4 Å². The molecule has 4 rings (SSSR count). The van der Waals surface area contributed by atoms with Crippen molar-refractivity contribution in [3.63, 3.8) is 0 Å². The molecule has 0 aliphatic heterocycles. The Labute approximate surface area is 177 Å². The summed E-state index contributed by atoms with van der Waals surface area (Å²) in [6, 6.07) is 13.5. The molecule has 0 aliphatic rings. The molecule has 30 heavy (non-hydrogen) atoms. The highest BCUT2D eigenvalue weighted by Gasteiger charge is 2.11. The normalized spacial score (nSPS) is 10.9. The molecule has 3 aromatic heterocycles. The van der Waals surface area contributed by atoms with E-state index in [9.17, 15) is 9.59 Å². The molecular weight excluding hydrogens is 400 g/mol. The molecule has 9 heteroatoms. The zero-order valence-corrected chi connectivity index (χ0v) is 17.0. The van der Waals surface area contributed by atoms with E-state index in [-0.39, 0.29) is 11.5 Å². The molecule has 0 atom stereocenters. The van der Waals surface area contributed by atoms with Crippen molar-refractivity contribution < 1.29 is 4.79 Å². The smallest absolute Gasteiger partial charge is 0.264 e. The molecule has 1 N–H and O–H groups in total. The number of aromatic nitrogens is 5. The average Bonchev–Trinajstić information content (AvgIpc) is 3.19. The molecule has 1 amide bonds. The number of thioether (sulfide) groups is 1. The lowest BCUT2D eigenvalue weighted by atomic mass is 10.2. The third-order valence-corrected chi connectivity index (χ3v) is 5.50. The molecule has 0 unspecified atom stereocenters. The van der Waals surface area contributed by atoms with E-state index in [1.54, 1.807) is 28.0 Å². The van der Waals surface area contributed by atoms with E-state index >= 15 is 0 Å². The number of nitrogens with one attached hydrogen (secondary N) is 1. The highest BCUT2D eigenvalue weighted by Crippen LogP contribution is 2.15. The Morgan fingerprint density at radius 2 is 1.90 bits per heavy atom. The van der Waals surface area contributed by atoms with Crippen LogP contribution in [0, 0.1) is 0 Å². The lowest BCUT2D eigenvalue weighted by Crippen LogP contribution is -2.29. The van der Waals surface area contributed by atoms with Crippen LogP contribution in [-0.2, 0) is 17.9 Å². The largest absolute Gasteiger partial charge is 0.354 e. The zero-order valence-electron chi connectivity index (χ0n) is 16.1. The molecule has 0 bridgehead atoms. The van der Waals surface area contributed by atoms with E-state index in [1.807, 2.05) is 42.5 Å². The molecule has 8 nitrogen and oxygen atoms in total. The van der Waals surface area contributed by atoms with Gasteiger partial charge in [-0.2, -0.15) is 5.10 Å². The fourth-order valence-electron chi connectivity index (χ4n) is 2.99. The van der Waals surface area contributed by atoms with Gasteiger partial charge in [0, 0.05) is 23.8 Å². The van der Waals surface area contributed by atoms with Crippen molar-refractivity contribution >= 4 is 28.7 Å². The van der Waals surface area contributed by atoms with Crippen molar-refractivity contribution in [3.8, 4) is 0 Å². The van der Waals surface area contributed by atoms with Crippen LogP contribution in [0.5, 0.6) is 0 Å². The Morgan fingerprint density at radius 1 is 1.10 bits per heavy atom. The van der Waals surface area contributed by atoms with Gasteiger partial charge in [-0.1, -0.05) is 30.3 Å². The maximum Gasteiger partial charge on any atom is 0.264 e. The van der Waals surface area contributed by atoms with Crippen LogP contribution in [0.4, 0.5) is 0 Å². The van der Waals surface area contributed by atoms with Gasteiger partial charge in [0.25, 0.3) is 5.56 Å². The minimum absolute atomic E-state index is 0.0635. The third kappa shape index (κ3) is 4.74.